The quantitative estimate of drug-likeness (QED) is 0.650. The maximum Gasteiger partial charge on any atom is 0.280 e. The number of nitrogens with two attached hydrogens (primary N) is 2. The van der Waals surface area contributed by atoms with E-state index < -0.39 is 5.91 Å². The molecular formula is C19H18FN3O2. The molecule has 0 saturated carbocycles. The monoisotopic (exact) mass is 339 g/mol. The number of carbonyl (C=O) groups excluding carboxylic acids is 1. The van der Waals surface area contributed by atoms with Gasteiger partial charge in [0, 0.05) is 16.7 Å². The molecule has 1 amide bonds. The third kappa shape index (κ3) is 3.24. The van der Waals surface area contributed by atoms with Crippen molar-refractivity contribution < 1.29 is 13.9 Å². The molecule has 0 fully saturated rings. The van der Waals surface area contributed by atoms with Crippen LogP contribution in [0.5, 0.6) is 5.75 Å². The molecule has 128 valence electrons. The summed E-state index contributed by atoms with van der Waals surface area (Å²) in [4.78, 5) is 15.6. The number of fused-ring (bicyclic) bond motifs is 1. The average molecular weight is 339 g/mol. The topological polar surface area (TPSA) is 90.7 Å². The number of amides is 1. The van der Waals surface area contributed by atoms with Crippen molar-refractivity contribution in [3.8, 4) is 5.75 Å². The molecule has 0 spiro atoms. The zero-order valence-corrected chi connectivity index (χ0v) is 13.9. The first kappa shape index (κ1) is 16.7. The summed E-state index contributed by atoms with van der Waals surface area (Å²) in [6.45, 7) is 3.71. The Hall–Kier alpha value is -3.15. The highest BCUT2D eigenvalue weighted by Gasteiger charge is 2.23. The van der Waals surface area contributed by atoms with Crippen LogP contribution in [0.25, 0.3) is 5.57 Å². The average Bonchev–Trinajstić information content (AvgIpc) is 2.53. The number of halogens is 1. The number of benzene rings is 2. The fraction of sp³-hybridized carbons (Fsp3) is 0.158. The van der Waals surface area contributed by atoms with Crippen LogP contribution in [0.4, 0.5) is 4.39 Å². The van der Waals surface area contributed by atoms with Crippen LogP contribution in [0.1, 0.15) is 34.0 Å². The smallest absolute Gasteiger partial charge is 0.280 e. The number of aryl methyl sites for hydroxylation is 1. The van der Waals surface area contributed by atoms with E-state index in [2.05, 4.69) is 4.99 Å². The lowest BCUT2D eigenvalue weighted by Crippen LogP contribution is -2.24. The first-order chi connectivity index (χ1) is 11.9. The molecule has 1 aliphatic heterocycles. The molecule has 3 rings (SSSR count). The normalized spacial score (nSPS) is 15.6. The summed E-state index contributed by atoms with van der Waals surface area (Å²) in [6, 6.07) is 9.79. The Kier molecular flexibility index (Phi) is 4.27. The van der Waals surface area contributed by atoms with Crippen molar-refractivity contribution in [2.75, 3.05) is 0 Å². The summed E-state index contributed by atoms with van der Waals surface area (Å²) < 4.78 is 20.3. The van der Waals surface area contributed by atoms with Gasteiger partial charge in [-0.1, -0.05) is 12.1 Å². The van der Waals surface area contributed by atoms with Crippen molar-refractivity contribution in [3.63, 3.8) is 0 Å². The van der Waals surface area contributed by atoms with Crippen LogP contribution in [0.15, 0.2) is 47.5 Å². The molecule has 5 nitrogen and oxygen atoms in total. The Morgan fingerprint density at radius 3 is 2.68 bits per heavy atom. The minimum Gasteiger partial charge on any atom is -0.486 e. The molecule has 25 heavy (non-hydrogen) atoms. The van der Waals surface area contributed by atoms with Gasteiger partial charge in [-0.15, -0.1) is 0 Å². The fourth-order valence-electron chi connectivity index (χ4n) is 2.91. The second-order valence-electron chi connectivity index (χ2n) is 5.89. The van der Waals surface area contributed by atoms with Crippen molar-refractivity contribution in [2.45, 2.75) is 20.0 Å². The Labute approximate surface area is 144 Å². The SMILES string of the molecule is Cc1cccc(F)c1C1=CC(C)Oc2ccc(C(=O)N=C(N)N)cc21. The van der Waals surface area contributed by atoms with Gasteiger partial charge in [-0.3, -0.25) is 4.79 Å². The number of hydrogen-bond donors (Lipinski definition) is 2. The number of hydrogen-bond acceptors (Lipinski definition) is 2. The lowest BCUT2D eigenvalue weighted by molar-refractivity contribution is 0.100. The summed E-state index contributed by atoms with van der Waals surface area (Å²) in [6.07, 6.45) is 1.61. The summed E-state index contributed by atoms with van der Waals surface area (Å²) in [5.41, 5.74) is 13.4. The van der Waals surface area contributed by atoms with Gasteiger partial charge in [-0.25, -0.2) is 4.39 Å². The summed E-state index contributed by atoms with van der Waals surface area (Å²) in [5.74, 6) is -0.625. The number of ether oxygens (including phenoxy) is 1. The third-order valence-corrected chi connectivity index (χ3v) is 3.95. The molecule has 0 aliphatic carbocycles. The molecular weight excluding hydrogens is 321 g/mol. The van der Waals surface area contributed by atoms with E-state index >= 15 is 0 Å². The Morgan fingerprint density at radius 1 is 1.24 bits per heavy atom. The Morgan fingerprint density at radius 2 is 2.00 bits per heavy atom. The molecule has 1 unspecified atom stereocenters. The maximum atomic E-state index is 14.5. The van der Waals surface area contributed by atoms with E-state index in [1.807, 2.05) is 26.0 Å². The van der Waals surface area contributed by atoms with Gasteiger partial charge >= 0.3 is 0 Å². The van der Waals surface area contributed by atoms with Crippen LogP contribution >= 0.6 is 0 Å². The van der Waals surface area contributed by atoms with Crippen LogP contribution in [0.3, 0.4) is 0 Å². The van der Waals surface area contributed by atoms with Crippen molar-refractivity contribution in [1.82, 2.24) is 0 Å². The summed E-state index contributed by atoms with van der Waals surface area (Å²) in [5, 5.41) is 0. The van der Waals surface area contributed by atoms with E-state index in [1.54, 1.807) is 24.3 Å². The first-order valence-corrected chi connectivity index (χ1v) is 7.79. The number of carbonyl (C=O) groups is 1. The number of rotatable bonds is 2. The lowest BCUT2D eigenvalue weighted by Gasteiger charge is -2.25. The highest BCUT2D eigenvalue weighted by molar-refractivity contribution is 6.03. The van der Waals surface area contributed by atoms with Gasteiger partial charge in [0.25, 0.3) is 5.91 Å². The molecule has 0 radical (unpaired) electrons. The largest absolute Gasteiger partial charge is 0.486 e. The molecule has 6 heteroatoms. The van der Waals surface area contributed by atoms with Gasteiger partial charge < -0.3 is 16.2 Å². The predicted octanol–water partition coefficient (Wildman–Crippen LogP) is 2.76. The Bertz CT molecular complexity index is 895. The molecule has 1 heterocycles. The fourth-order valence-corrected chi connectivity index (χ4v) is 2.91. The second kappa shape index (κ2) is 6.39. The molecule has 2 aromatic carbocycles. The molecule has 0 bridgehead atoms. The molecule has 1 atom stereocenters. The summed E-state index contributed by atoms with van der Waals surface area (Å²) >= 11 is 0. The molecule has 0 aromatic heterocycles. The lowest BCUT2D eigenvalue weighted by atomic mass is 9.89. The summed E-state index contributed by atoms with van der Waals surface area (Å²) in [7, 11) is 0. The van der Waals surface area contributed by atoms with Crippen molar-refractivity contribution in [3.05, 3.63) is 70.5 Å². The van der Waals surface area contributed by atoms with Crippen molar-refractivity contribution in [1.29, 1.82) is 0 Å². The van der Waals surface area contributed by atoms with Crippen molar-refractivity contribution in [2.24, 2.45) is 16.5 Å². The number of guanidine groups is 1. The maximum absolute atomic E-state index is 14.5. The van der Waals surface area contributed by atoms with E-state index in [1.165, 1.54) is 6.07 Å². The van der Waals surface area contributed by atoms with Crippen LogP contribution in [-0.4, -0.2) is 18.0 Å². The van der Waals surface area contributed by atoms with E-state index in [-0.39, 0.29) is 17.9 Å². The van der Waals surface area contributed by atoms with Gasteiger partial charge in [0.2, 0.25) is 0 Å². The van der Waals surface area contributed by atoms with Gasteiger partial charge in [-0.2, -0.15) is 4.99 Å². The van der Waals surface area contributed by atoms with E-state index in [0.29, 0.717) is 28.0 Å². The van der Waals surface area contributed by atoms with Crippen LogP contribution in [0.2, 0.25) is 0 Å². The zero-order chi connectivity index (χ0) is 18.1. The van der Waals surface area contributed by atoms with E-state index in [4.69, 9.17) is 16.2 Å². The first-order valence-electron chi connectivity index (χ1n) is 7.79. The van der Waals surface area contributed by atoms with Crippen LogP contribution in [-0.2, 0) is 0 Å². The van der Waals surface area contributed by atoms with Crippen LogP contribution < -0.4 is 16.2 Å². The van der Waals surface area contributed by atoms with Gasteiger partial charge in [0.1, 0.15) is 17.7 Å². The molecule has 0 saturated heterocycles. The van der Waals surface area contributed by atoms with E-state index in [0.717, 1.165) is 5.56 Å². The second-order valence-corrected chi connectivity index (χ2v) is 5.89. The van der Waals surface area contributed by atoms with Crippen LogP contribution in [0, 0.1) is 12.7 Å². The minimum atomic E-state index is -0.564. The molecule has 4 N–H and O–H groups in total. The highest BCUT2D eigenvalue weighted by atomic mass is 19.1. The van der Waals surface area contributed by atoms with Crippen molar-refractivity contribution >= 4 is 17.4 Å². The van der Waals surface area contributed by atoms with Gasteiger partial charge in [0.15, 0.2) is 5.96 Å². The zero-order valence-electron chi connectivity index (χ0n) is 13.9. The Balaban J connectivity index is 2.17. The highest BCUT2D eigenvalue weighted by Crippen LogP contribution is 2.38. The molecule has 1 aliphatic rings. The van der Waals surface area contributed by atoms with E-state index in [9.17, 15) is 9.18 Å². The number of aliphatic imine (C=N–C) groups is 1. The van der Waals surface area contributed by atoms with Gasteiger partial charge in [0.05, 0.1) is 0 Å². The third-order valence-electron chi connectivity index (χ3n) is 3.95. The molecule has 2 aromatic rings. The number of nitrogens with zero attached hydrogens (tertiary/aromatic N) is 1. The minimum absolute atomic E-state index is 0.222. The standard InChI is InChI=1S/C19H18FN3O2/c1-10-4-3-5-15(20)17(10)14-8-11(2)25-16-7-6-12(9-13(14)16)18(24)23-19(21)22/h3-9,11H,1-2H3,(H4,21,22,23,24). The predicted molar refractivity (Wildman–Crippen MR) is 94.9 cm³/mol. The van der Waals surface area contributed by atoms with Gasteiger partial charge in [-0.05, 0) is 55.3 Å².